The van der Waals surface area contributed by atoms with Crippen molar-refractivity contribution in [3.05, 3.63) is 29.3 Å². The van der Waals surface area contributed by atoms with Crippen molar-refractivity contribution in [1.29, 1.82) is 0 Å². The van der Waals surface area contributed by atoms with Gasteiger partial charge in [-0.1, -0.05) is 6.07 Å². The zero-order valence-electron chi connectivity index (χ0n) is 14.1. The van der Waals surface area contributed by atoms with Crippen LogP contribution < -0.4 is 16.4 Å². The molecular formula is C17H26N4O2. The molecule has 0 atom stereocenters. The van der Waals surface area contributed by atoms with Crippen molar-refractivity contribution in [2.75, 3.05) is 25.0 Å². The van der Waals surface area contributed by atoms with Gasteiger partial charge in [0.05, 0.1) is 0 Å². The number of rotatable bonds is 5. The molecule has 1 saturated heterocycles. The molecule has 0 bridgehead atoms. The second-order valence-corrected chi connectivity index (χ2v) is 6.68. The largest absolute Gasteiger partial charge is 0.366 e. The first-order valence-electron chi connectivity index (χ1n) is 8.00. The van der Waals surface area contributed by atoms with Crippen molar-refractivity contribution in [2.24, 2.45) is 5.73 Å². The van der Waals surface area contributed by atoms with E-state index >= 15 is 0 Å². The third kappa shape index (κ3) is 4.45. The molecule has 126 valence electrons. The molecule has 1 heterocycles. The molecule has 0 aromatic heterocycles. The average molecular weight is 318 g/mol. The van der Waals surface area contributed by atoms with Crippen LogP contribution in [0.1, 0.15) is 42.6 Å². The second kappa shape index (κ2) is 7.00. The van der Waals surface area contributed by atoms with E-state index in [1.54, 1.807) is 18.2 Å². The summed E-state index contributed by atoms with van der Waals surface area (Å²) in [6, 6.07) is 4.74. The molecule has 3 amide bonds. The average Bonchev–Trinajstić information content (AvgIpc) is 2.80. The number of hydrogen-bond donors (Lipinski definition) is 3. The zero-order chi connectivity index (χ0) is 17.0. The second-order valence-electron chi connectivity index (χ2n) is 6.68. The fourth-order valence-electron chi connectivity index (χ4n) is 2.96. The van der Waals surface area contributed by atoms with E-state index in [1.165, 1.54) is 12.8 Å². The minimum Gasteiger partial charge on any atom is -0.366 e. The third-order valence-corrected chi connectivity index (χ3v) is 4.51. The number of hydrogen-bond acceptors (Lipinski definition) is 3. The summed E-state index contributed by atoms with van der Waals surface area (Å²) in [7, 11) is 0. The van der Waals surface area contributed by atoms with E-state index in [0.29, 0.717) is 17.8 Å². The zero-order valence-corrected chi connectivity index (χ0v) is 14.1. The lowest BCUT2D eigenvalue weighted by molar-refractivity contribution is 0.100. The van der Waals surface area contributed by atoms with Gasteiger partial charge in [-0.25, -0.2) is 4.79 Å². The molecule has 1 aromatic carbocycles. The van der Waals surface area contributed by atoms with Gasteiger partial charge in [0, 0.05) is 29.9 Å². The Morgan fingerprint density at radius 1 is 1.35 bits per heavy atom. The lowest BCUT2D eigenvalue weighted by atomic mass is 10.0. The van der Waals surface area contributed by atoms with E-state index in [-0.39, 0.29) is 11.6 Å². The van der Waals surface area contributed by atoms with Crippen LogP contribution in [0, 0.1) is 6.92 Å². The number of nitrogens with zero attached hydrogens (tertiary/aromatic N) is 1. The molecular weight excluding hydrogens is 292 g/mol. The van der Waals surface area contributed by atoms with Gasteiger partial charge in [-0.05, 0) is 57.9 Å². The Balaban J connectivity index is 1.85. The summed E-state index contributed by atoms with van der Waals surface area (Å²) >= 11 is 0. The Hall–Kier alpha value is -2.08. The summed E-state index contributed by atoms with van der Waals surface area (Å²) in [4.78, 5) is 25.6. The number of carbonyl (C=O) groups is 2. The van der Waals surface area contributed by atoms with Gasteiger partial charge < -0.3 is 16.4 Å². The fraction of sp³-hybridized carbons (Fsp3) is 0.529. The maximum Gasteiger partial charge on any atom is 0.319 e. The van der Waals surface area contributed by atoms with Crippen molar-refractivity contribution in [2.45, 2.75) is 39.2 Å². The van der Waals surface area contributed by atoms with Crippen LogP contribution in [0.3, 0.4) is 0 Å². The molecule has 2 rings (SSSR count). The van der Waals surface area contributed by atoms with Gasteiger partial charge >= 0.3 is 6.03 Å². The number of aryl methyl sites for hydroxylation is 1. The summed E-state index contributed by atoms with van der Waals surface area (Å²) in [6.45, 7) is 8.84. The van der Waals surface area contributed by atoms with Gasteiger partial charge in [0.25, 0.3) is 0 Å². The molecule has 1 aliphatic heterocycles. The summed E-state index contributed by atoms with van der Waals surface area (Å²) < 4.78 is 0. The quantitative estimate of drug-likeness (QED) is 0.777. The number of anilines is 1. The maximum atomic E-state index is 12.0. The SMILES string of the molecule is Cc1ccc(C(N)=O)cc1NC(=O)NCCN1CCCC1(C)C. The molecule has 0 unspecified atom stereocenters. The molecule has 0 aliphatic carbocycles. The fourth-order valence-corrected chi connectivity index (χ4v) is 2.96. The lowest BCUT2D eigenvalue weighted by Crippen LogP contribution is -2.43. The highest BCUT2D eigenvalue weighted by molar-refractivity contribution is 5.96. The molecule has 1 fully saturated rings. The van der Waals surface area contributed by atoms with E-state index in [2.05, 4.69) is 29.4 Å². The van der Waals surface area contributed by atoms with Crippen LogP contribution in [0.5, 0.6) is 0 Å². The first-order chi connectivity index (χ1) is 10.8. The highest BCUT2D eigenvalue weighted by Crippen LogP contribution is 2.27. The summed E-state index contributed by atoms with van der Waals surface area (Å²) in [6.07, 6.45) is 2.40. The number of carbonyl (C=O) groups excluding carboxylic acids is 2. The molecule has 0 saturated carbocycles. The Kier molecular flexibility index (Phi) is 5.26. The van der Waals surface area contributed by atoms with Crippen LogP contribution in [0.15, 0.2) is 18.2 Å². The Bertz CT molecular complexity index is 598. The number of amides is 3. The number of likely N-dealkylation sites (tertiary alicyclic amines) is 1. The van der Waals surface area contributed by atoms with Crippen LogP contribution >= 0.6 is 0 Å². The van der Waals surface area contributed by atoms with Crippen LogP contribution in [0.4, 0.5) is 10.5 Å². The number of nitrogens with one attached hydrogen (secondary N) is 2. The van der Waals surface area contributed by atoms with E-state index in [1.807, 2.05) is 6.92 Å². The molecule has 0 spiro atoms. The number of nitrogens with two attached hydrogens (primary N) is 1. The lowest BCUT2D eigenvalue weighted by Gasteiger charge is -2.31. The monoisotopic (exact) mass is 318 g/mol. The van der Waals surface area contributed by atoms with Gasteiger partial charge in [-0.3, -0.25) is 9.69 Å². The van der Waals surface area contributed by atoms with E-state index < -0.39 is 5.91 Å². The van der Waals surface area contributed by atoms with Crippen molar-refractivity contribution >= 4 is 17.6 Å². The summed E-state index contributed by atoms with van der Waals surface area (Å²) in [5.74, 6) is -0.510. The molecule has 6 nitrogen and oxygen atoms in total. The highest BCUT2D eigenvalue weighted by atomic mass is 16.2. The van der Waals surface area contributed by atoms with Gasteiger partial charge in [-0.2, -0.15) is 0 Å². The number of urea groups is 1. The normalized spacial score (nSPS) is 17.0. The smallest absolute Gasteiger partial charge is 0.319 e. The predicted octanol–water partition coefficient (Wildman–Crippen LogP) is 2.09. The highest BCUT2D eigenvalue weighted by Gasteiger charge is 2.31. The molecule has 4 N–H and O–H groups in total. The van der Waals surface area contributed by atoms with E-state index in [4.69, 9.17) is 5.73 Å². The van der Waals surface area contributed by atoms with E-state index in [0.717, 1.165) is 18.7 Å². The summed E-state index contributed by atoms with van der Waals surface area (Å²) in [5, 5.41) is 5.64. The molecule has 1 aromatic rings. The minimum atomic E-state index is -0.510. The molecule has 6 heteroatoms. The number of primary amides is 1. The minimum absolute atomic E-state index is 0.213. The van der Waals surface area contributed by atoms with Crippen molar-refractivity contribution < 1.29 is 9.59 Å². The molecule has 1 aliphatic rings. The predicted molar refractivity (Wildman–Crippen MR) is 91.6 cm³/mol. The topological polar surface area (TPSA) is 87.5 Å². The first-order valence-corrected chi connectivity index (χ1v) is 8.00. The van der Waals surface area contributed by atoms with Crippen LogP contribution in [0.25, 0.3) is 0 Å². The van der Waals surface area contributed by atoms with Gasteiger partial charge in [0.15, 0.2) is 0 Å². The Morgan fingerprint density at radius 2 is 2.09 bits per heavy atom. The van der Waals surface area contributed by atoms with Gasteiger partial charge in [0.1, 0.15) is 0 Å². The summed E-state index contributed by atoms with van der Waals surface area (Å²) in [5.41, 5.74) is 7.34. The third-order valence-electron chi connectivity index (χ3n) is 4.51. The maximum absolute atomic E-state index is 12.0. The van der Waals surface area contributed by atoms with Gasteiger partial charge in [-0.15, -0.1) is 0 Å². The standard InChI is InChI=1S/C17H26N4O2/c1-12-5-6-13(15(18)22)11-14(12)20-16(23)19-8-10-21-9-4-7-17(21,2)3/h5-6,11H,4,7-10H2,1-3H3,(H2,18,22)(H2,19,20,23). The number of benzene rings is 1. The first kappa shape index (κ1) is 17.3. The van der Waals surface area contributed by atoms with Crippen LogP contribution in [0.2, 0.25) is 0 Å². The van der Waals surface area contributed by atoms with Crippen molar-refractivity contribution in [3.63, 3.8) is 0 Å². The van der Waals surface area contributed by atoms with Gasteiger partial charge in [0.2, 0.25) is 5.91 Å². The van der Waals surface area contributed by atoms with Crippen LogP contribution in [-0.2, 0) is 0 Å². The van der Waals surface area contributed by atoms with Crippen LogP contribution in [-0.4, -0.2) is 42.0 Å². The van der Waals surface area contributed by atoms with Crippen molar-refractivity contribution in [3.8, 4) is 0 Å². The Morgan fingerprint density at radius 3 is 2.70 bits per heavy atom. The van der Waals surface area contributed by atoms with Crippen molar-refractivity contribution in [1.82, 2.24) is 10.2 Å². The molecule has 23 heavy (non-hydrogen) atoms. The molecule has 0 radical (unpaired) electrons. The van der Waals surface area contributed by atoms with E-state index in [9.17, 15) is 9.59 Å². The Labute approximate surface area is 137 Å².